The van der Waals surface area contributed by atoms with Crippen molar-refractivity contribution in [1.29, 1.82) is 0 Å². The molecule has 6 heteroatoms. The second-order valence-electron chi connectivity index (χ2n) is 5.91. The van der Waals surface area contributed by atoms with Crippen molar-refractivity contribution in [3.05, 3.63) is 70.9 Å². The van der Waals surface area contributed by atoms with Crippen LogP contribution in [0.3, 0.4) is 0 Å². The standard InChI is InChI=1S/C19H18F2N4/c1-11-4-6-16(12(2)8-11)23-18-9-13(3)22-19(25-18)24-17-7-5-14(20)10-15(17)21/h4-10H,1-3H3,(H2,22,23,24,25). The Hall–Kier alpha value is -3.02. The van der Waals surface area contributed by atoms with Crippen LogP contribution in [0.1, 0.15) is 16.8 Å². The van der Waals surface area contributed by atoms with Crippen molar-refractivity contribution in [3.8, 4) is 0 Å². The minimum absolute atomic E-state index is 0.115. The molecule has 3 aromatic rings. The largest absolute Gasteiger partial charge is 0.340 e. The fourth-order valence-electron chi connectivity index (χ4n) is 2.49. The van der Waals surface area contributed by atoms with Crippen LogP contribution < -0.4 is 10.6 Å². The first-order chi connectivity index (χ1) is 11.9. The molecule has 25 heavy (non-hydrogen) atoms. The fraction of sp³-hybridized carbons (Fsp3) is 0.158. The highest BCUT2D eigenvalue weighted by Gasteiger charge is 2.08. The maximum Gasteiger partial charge on any atom is 0.229 e. The summed E-state index contributed by atoms with van der Waals surface area (Å²) in [6.07, 6.45) is 0. The van der Waals surface area contributed by atoms with Crippen molar-refractivity contribution in [2.45, 2.75) is 20.8 Å². The fourth-order valence-corrected chi connectivity index (χ4v) is 2.49. The maximum atomic E-state index is 13.8. The zero-order valence-electron chi connectivity index (χ0n) is 14.2. The van der Waals surface area contributed by atoms with Crippen LogP contribution in [0.25, 0.3) is 0 Å². The molecule has 2 N–H and O–H groups in total. The van der Waals surface area contributed by atoms with Crippen molar-refractivity contribution in [2.24, 2.45) is 0 Å². The number of nitrogens with one attached hydrogen (secondary N) is 2. The van der Waals surface area contributed by atoms with Gasteiger partial charge in [-0.2, -0.15) is 4.98 Å². The third kappa shape index (κ3) is 4.09. The van der Waals surface area contributed by atoms with E-state index in [2.05, 4.69) is 26.7 Å². The van der Waals surface area contributed by atoms with Crippen LogP contribution >= 0.6 is 0 Å². The SMILES string of the molecule is Cc1ccc(Nc2cc(C)nc(Nc3ccc(F)cc3F)n2)c(C)c1. The summed E-state index contributed by atoms with van der Waals surface area (Å²) >= 11 is 0. The van der Waals surface area contributed by atoms with Crippen LogP contribution in [0.15, 0.2) is 42.5 Å². The highest BCUT2D eigenvalue weighted by atomic mass is 19.1. The Morgan fingerprint density at radius 1 is 0.800 bits per heavy atom. The van der Waals surface area contributed by atoms with Crippen molar-refractivity contribution in [3.63, 3.8) is 0 Å². The predicted octanol–water partition coefficient (Wildman–Crippen LogP) is 5.17. The molecule has 0 fully saturated rings. The maximum absolute atomic E-state index is 13.8. The van der Waals surface area contributed by atoms with E-state index in [4.69, 9.17) is 0 Å². The molecule has 0 aliphatic carbocycles. The van der Waals surface area contributed by atoms with Gasteiger partial charge in [0.25, 0.3) is 0 Å². The summed E-state index contributed by atoms with van der Waals surface area (Å²) in [4.78, 5) is 8.61. The summed E-state index contributed by atoms with van der Waals surface area (Å²) in [6.45, 7) is 5.86. The quantitative estimate of drug-likeness (QED) is 0.688. The van der Waals surface area contributed by atoms with Crippen molar-refractivity contribution >= 4 is 23.1 Å². The Morgan fingerprint density at radius 2 is 1.56 bits per heavy atom. The van der Waals surface area contributed by atoms with Gasteiger partial charge in [0.15, 0.2) is 0 Å². The number of hydrogen-bond donors (Lipinski definition) is 2. The van der Waals surface area contributed by atoms with E-state index in [1.807, 2.05) is 32.9 Å². The first-order valence-electron chi connectivity index (χ1n) is 7.83. The van der Waals surface area contributed by atoms with Crippen LogP contribution in [0, 0.1) is 32.4 Å². The van der Waals surface area contributed by atoms with Crippen LogP contribution in [0.5, 0.6) is 0 Å². The molecule has 0 aliphatic heterocycles. The normalized spacial score (nSPS) is 10.6. The number of rotatable bonds is 4. The minimum Gasteiger partial charge on any atom is -0.340 e. The Bertz CT molecular complexity index is 854. The first kappa shape index (κ1) is 16.8. The van der Waals surface area contributed by atoms with E-state index in [1.165, 1.54) is 17.7 Å². The molecule has 0 aliphatic rings. The van der Waals surface area contributed by atoms with Gasteiger partial charge in [-0.25, -0.2) is 13.8 Å². The van der Waals surface area contributed by atoms with Gasteiger partial charge in [-0.05, 0) is 44.5 Å². The topological polar surface area (TPSA) is 49.8 Å². The summed E-state index contributed by atoms with van der Waals surface area (Å²) in [5, 5.41) is 6.03. The first-order valence-corrected chi connectivity index (χ1v) is 7.83. The van der Waals surface area contributed by atoms with Gasteiger partial charge in [0.1, 0.15) is 17.5 Å². The van der Waals surface area contributed by atoms with Gasteiger partial charge in [0.05, 0.1) is 5.69 Å². The number of nitrogens with zero attached hydrogens (tertiary/aromatic N) is 2. The van der Waals surface area contributed by atoms with E-state index in [1.54, 1.807) is 6.07 Å². The molecule has 0 saturated carbocycles. The molecule has 0 atom stereocenters. The molecule has 0 unspecified atom stereocenters. The molecule has 0 radical (unpaired) electrons. The average molecular weight is 340 g/mol. The summed E-state index contributed by atoms with van der Waals surface area (Å²) in [5.74, 6) is -0.512. The summed E-state index contributed by atoms with van der Waals surface area (Å²) in [7, 11) is 0. The molecule has 1 aromatic heterocycles. The van der Waals surface area contributed by atoms with Gasteiger partial charge in [0, 0.05) is 23.5 Å². The zero-order valence-corrected chi connectivity index (χ0v) is 14.2. The van der Waals surface area contributed by atoms with E-state index < -0.39 is 11.6 Å². The molecule has 0 saturated heterocycles. The van der Waals surface area contributed by atoms with Crippen molar-refractivity contribution in [2.75, 3.05) is 10.6 Å². The van der Waals surface area contributed by atoms with Crippen LogP contribution in [-0.2, 0) is 0 Å². The third-order valence-electron chi connectivity index (χ3n) is 3.68. The number of anilines is 4. The lowest BCUT2D eigenvalue weighted by Gasteiger charge is -2.12. The van der Waals surface area contributed by atoms with Gasteiger partial charge in [-0.3, -0.25) is 0 Å². The van der Waals surface area contributed by atoms with Gasteiger partial charge in [-0.15, -0.1) is 0 Å². The Morgan fingerprint density at radius 3 is 2.28 bits per heavy atom. The molecule has 0 spiro atoms. The Labute approximate surface area is 145 Å². The molecule has 0 amide bonds. The van der Waals surface area contributed by atoms with E-state index in [9.17, 15) is 8.78 Å². The molecule has 128 valence electrons. The van der Waals surface area contributed by atoms with Crippen LogP contribution in [0.4, 0.5) is 31.9 Å². The molecule has 4 nitrogen and oxygen atoms in total. The summed E-state index contributed by atoms with van der Waals surface area (Å²) in [5.41, 5.74) is 4.03. The van der Waals surface area contributed by atoms with Crippen LogP contribution in [0.2, 0.25) is 0 Å². The summed E-state index contributed by atoms with van der Waals surface area (Å²) in [6, 6.07) is 11.2. The van der Waals surface area contributed by atoms with Gasteiger partial charge < -0.3 is 10.6 Å². The zero-order chi connectivity index (χ0) is 18.0. The average Bonchev–Trinajstić information content (AvgIpc) is 2.52. The lowest BCUT2D eigenvalue weighted by molar-refractivity contribution is 0.586. The second-order valence-corrected chi connectivity index (χ2v) is 5.91. The Kier molecular flexibility index (Phi) is 4.61. The molecular formula is C19H18F2N4. The van der Waals surface area contributed by atoms with Crippen LogP contribution in [-0.4, -0.2) is 9.97 Å². The Balaban J connectivity index is 1.87. The van der Waals surface area contributed by atoms with Gasteiger partial charge in [0.2, 0.25) is 5.95 Å². The van der Waals surface area contributed by atoms with Crippen molar-refractivity contribution < 1.29 is 8.78 Å². The summed E-state index contributed by atoms with van der Waals surface area (Å²) < 4.78 is 26.8. The smallest absolute Gasteiger partial charge is 0.229 e. The monoisotopic (exact) mass is 340 g/mol. The highest BCUT2D eigenvalue weighted by Crippen LogP contribution is 2.23. The van der Waals surface area contributed by atoms with E-state index in [0.29, 0.717) is 11.5 Å². The third-order valence-corrected chi connectivity index (χ3v) is 3.68. The highest BCUT2D eigenvalue weighted by molar-refractivity contribution is 5.63. The molecule has 1 heterocycles. The number of hydrogen-bond acceptors (Lipinski definition) is 4. The number of halogens is 2. The van der Waals surface area contributed by atoms with E-state index >= 15 is 0 Å². The van der Waals surface area contributed by atoms with Gasteiger partial charge in [-0.1, -0.05) is 17.7 Å². The molecule has 0 bridgehead atoms. The minimum atomic E-state index is -0.700. The lowest BCUT2D eigenvalue weighted by atomic mass is 10.1. The second kappa shape index (κ2) is 6.84. The van der Waals surface area contributed by atoms with Crippen molar-refractivity contribution in [1.82, 2.24) is 9.97 Å². The van der Waals surface area contributed by atoms with E-state index in [0.717, 1.165) is 17.3 Å². The number of benzene rings is 2. The number of aromatic nitrogens is 2. The van der Waals surface area contributed by atoms with E-state index in [-0.39, 0.29) is 11.6 Å². The molecular weight excluding hydrogens is 322 g/mol. The van der Waals surface area contributed by atoms with Gasteiger partial charge >= 0.3 is 0 Å². The lowest BCUT2D eigenvalue weighted by Crippen LogP contribution is -2.04. The molecule has 2 aromatic carbocycles. The predicted molar refractivity (Wildman–Crippen MR) is 95.6 cm³/mol. The number of aryl methyl sites for hydroxylation is 3. The molecule has 3 rings (SSSR count).